The first kappa shape index (κ1) is 10.6. The first-order valence-corrected chi connectivity index (χ1v) is 5.41. The van der Waals surface area contributed by atoms with Crippen LogP contribution in [0.25, 0.3) is 0 Å². The summed E-state index contributed by atoms with van der Waals surface area (Å²) in [7, 11) is 0. The lowest BCUT2D eigenvalue weighted by atomic mass is 9.85. The minimum absolute atomic E-state index is 0.419. The molecule has 0 unspecified atom stereocenters. The van der Waals surface area contributed by atoms with E-state index in [2.05, 4.69) is 15.9 Å². The van der Waals surface area contributed by atoms with Gasteiger partial charge in [-0.3, -0.25) is 0 Å². The lowest BCUT2D eigenvalue weighted by Crippen LogP contribution is -2.73. The van der Waals surface area contributed by atoms with Crippen molar-refractivity contribution in [2.75, 3.05) is 0 Å². The Balaban J connectivity index is 2.49. The number of hydrogen-bond donors (Lipinski definition) is 0. The second-order valence-corrected chi connectivity index (χ2v) is 5.24. The Morgan fingerprint density at radius 1 is 1.33 bits per heavy atom. The maximum Gasteiger partial charge on any atom is 0.346 e. The van der Waals surface area contributed by atoms with Gasteiger partial charge in [0, 0.05) is 21.5 Å². The highest BCUT2D eigenvalue weighted by molar-refractivity contribution is 9.09. The fraction of sp³-hybridized carbons (Fsp3) is 0.400. The molecule has 1 fully saturated rings. The van der Waals surface area contributed by atoms with Crippen LogP contribution in [0.4, 0.5) is 0 Å². The summed E-state index contributed by atoms with van der Waals surface area (Å²) in [6.45, 7) is 3.46. The van der Waals surface area contributed by atoms with Crippen LogP contribution in [-0.4, -0.2) is 15.6 Å². The summed E-state index contributed by atoms with van der Waals surface area (Å²) in [5.41, 5.74) is 0.00734. The van der Waals surface area contributed by atoms with E-state index >= 15 is 0 Å². The van der Waals surface area contributed by atoms with E-state index in [4.69, 9.17) is 0 Å². The molecule has 0 spiro atoms. The van der Waals surface area contributed by atoms with Crippen molar-refractivity contribution in [1.29, 1.82) is 0 Å². The maximum atomic E-state index is 11.6. The molecular formula is C10H11BrN2O2. The highest BCUT2D eigenvalue weighted by Crippen LogP contribution is 2.53. The number of hydrazine groups is 1. The van der Waals surface area contributed by atoms with E-state index in [1.165, 1.54) is 0 Å². The Kier molecular flexibility index (Phi) is 2.13. The van der Waals surface area contributed by atoms with Gasteiger partial charge in [-0.15, -0.1) is 0 Å². The largest absolute Gasteiger partial charge is 0.703 e. The van der Waals surface area contributed by atoms with E-state index in [9.17, 15) is 10.1 Å². The first-order valence-electron chi connectivity index (χ1n) is 4.61. The lowest BCUT2D eigenvalue weighted by molar-refractivity contribution is -0.837. The molecule has 1 heterocycles. The zero-order valence-electron chi connectivity index (χ0n) is 8.48. The van der Waals surface area contributed by atoms with Gasteiger partial charge in [-0.2, -0.15) is 5.17 Å². The normalized spacial score (nSPS) is 28.8. The molecule has 1 aromatic rings. The summed E-state index contributed by atoms with van der Waals surface area (Å²) in [6.07, 6.45) is 0. The predicted octanol–water partition coefficient (Wildman–Crippen LogP) is 2.52. The van der Waals surface area contributed by atoms with E-state index < -0.39 is 9.99 Å². The molecular weight excluding hydrogens is 260 g/mol. The van der Waals surface area contributed by atoms with Crippen LogP contribution < -0.4 is 0 Å². The monoisotopic (exact) mass is 270 g/mol. The van der Waals surface area contributed by atoms with Crippen molar-refractivity contribution in [2.24, 2.45) is 0 Å². The quantitative estimate of drug-likeness (QED) is 0.448. The Morgan fingerprint density at radius 3 is 2.33 bits per heavy atom. The smallest absolute Gasteiger partial charge is 0.346 e. The number of halogens is 1. The standard InChI is InChI=1S/C10H11BrN2O2/c1-9(2)10(11,13(15)12(9)14)8-6-4-3-5-7-8/h3-7H,1-2H3/t10-/m0/s1. The lowest BCUT2D eigenvalue weighted by Gasteiger charge is -2.52. The molecule has 5 heteroatoms. The molecule has 1 aliphatic heterocycles. The van der Waals surface area contributed by atoms with Crippen molar-refractivity contribution >= 4 is 15.9 Å². The molecule has 0 aliphatic carbocycles. The first-order chi connectivity index (χ1) is 6.92. The maximum absolute atomic E-state index is 11.6. The number of alkyl halides is 1. The summed E-state index contributed by atoms with van der Waals surface area (Å²) < 4.78 is -0.955. The third-order valence-electron chi connectivity index (χ3n) is 2.87. The van der Waals surface area contributed by atoms with Crippen LogP contribution in [0.5, 0.6) is 0 Å². The van der Waals surface area contributed by atoms with Crippen molar-refractivity contribution in [3.05, 3.63) is 46.0 Å². The summed E-state index contributed by atoms with van der Waals surface area (Å²) in [5.74, 6) is 0. The number of hydroxylamine groups is 1. The summed E-state index contributed by atoms with van der Waals surface area (Å²) in [5, 5.41) is 11.8. The molecule has 0 radical (unpaired) electrons. The Hall–Kier alpha value is -0.940. The van der Waals surface area contributed by atoms with E-state index in [1.54, 1.807) is 13.8 Å². The zero-order chi connectivity index (χ0) is 11.3. The molecule has 4 nitrogen and oxygen atoms in total. The van der Waals surface area contributed by atoms with Gasteiger partial charge in [-0.1, -0.05) is 30.3 Å². The van der Waals surface area contributed by atoms with Crippen LogP contribution in [0, 0.1) is 10.1 Å². The summed E-state index contributed by atoms with van der Waals surface area (Å²) in [6, 6.07) is 9.21. The van der Waals surface area contributed by atoms with E-state index in [0.29, 0.717) is 10.0 Å². The zero-order valence-corrected chi connectivity index (χ0v) is 10.1. The van der Waals surface area contributed by atoms with Gasteiger partial charge in [0.25, 0.3) is 0 Å². The third kappa shape index (κ3) is 1.10. The highest BCUT2D eigenvalue weighted by Gasteiger charge is 2.72. The van der Waals surface area contributed by atoms with Gasteiger partial charge in [0.15, 0.2) is 5.54 Å². The number of benzene rings is 1. The van der Waals surface area contributed by atoms with Gasteiger partial charge < -0.3 is 5.21 Å². The second-order valence-electron chi connectivity index (χ2n) is 4.09. The topological polar surface area (TPSA) is 46.4 Å². The van der Waals surface area contributed by atoms with Crippen molar-refractivity contribution in [1.82, 2.24) is 5.17 Å². The van der Waals surface area contributed by atoms with Gasteiger partial charge in [-0.25, -0.2) is 0 Å². The van der Waals surface area contributed by atoms with Crippen LogP contribution >= 0.6 is 15.9 Å². The molecule has 1 atom stereocenters. The van der Waals surface area contributed by atoms with E-state index in [0.717, 1.165) is 5.56 Å². The number of nitrogens with zero attached hydrogens (tertiary/aromatic N) is 2. The fourth-order valence-corrected chi connectivity index (χ4v) is 2.35. The van der Waals surface area contributed by atoms with Gasteiger partial charge in [0.05, 0.1) is 4.91 Å². The van der Waals surface area contributed by atoms with Crippen LogP contribution in [-0.2, 0) is 4.45 Å². The van der Waals surface area contributed by atoms with E-state index in [-0.39, 0.29) is 0 Å². The van der Waals surface area contributed by atoms with Crippen LogP contribution in [0.3, 0.4) is 0 Å². The number of rotatable bonds is 1. The molecule has 0 N–H and O–H groups in total. The molecule has 1 aromatic carbocycles. The Morgan fingerprint density at radius 2 is 1.87 bits per heavy atom. The minimum atomic E-state index is -0.955. The molecule has 15 heavy (non-hydrogen) atoms. The molecule has 80 valence electrons. The van der Waals surface area contributed by atoms with Gasteiger partial charge in [0.1, 0.15) is 4.87 Å². The van der Waals surface area contributed by atoms with Crippen LogP contribution in [0.15, 0.2) is 30.3 Å². The van der Waals surface area contributed by atoms with Crippen molar-refractivity contribution in [3.8, 4) is 0 Å². The number of nitroso groups, excluding NO2 is 1. The molecule has 0 saturated carbocycles. The average molecular weight is 271 g/mol. The predicted molar refractivity (Wildman–Crippen MR) is 60.0 cm³/mol. The third-order valence-corrected chi connectivity index (χ3v) is 4.61. The minimum Gasteiger partial charge on any atom is -0.703 e. The van der Waals surface area contributed by atoms with Gasteiger partial charge >= 0.3 is 4.45 Å². The highest BCUT2D eigenvalue weighted by atomic mass is 79.9. The molecule has 0 aromatic heterocycles. The molecule has 1 saturated heterocycles. The summed E-state index contributed by atoms with van der Waals surface area (Å²) >= 11 is 3.37. The number of hydrogen-bond acceptors (Lipinski definition) is 2. The van der Waals surface area contributed by atoms with Gasteiger partial charge in [-0.05, 0) is 13.8 Å². The molecule has 0 bridgehead atoms. The van der Waals surface area contributed by atoms with Crippen molar-refractivity contribution < 1.29 is 4.87 Å². The van der Waals surface area contributed by atoms with Crippen molar-refractivity contribution in [3.63, 3.8) is 0 Å². The van der Waals surface area contributed by atoms with E-state index in [1.807, 2.05) is 30.3 Å². The van der Waals surface area contributed by atoms with Crippen LogP contribution in [0.2, 0.25) is 0 Å². The fourth-order valence-electron chi connectivity index (χ4n) is 1.79. The average Bonchev–Trinajstić information content (AvgIpc) is 2.27. The molecule has 0 amide bonds. The van der Waals surface area contributed by atoms with Crippen molar-refractivity contribution in [2.45, 2.75) is 23.8 Å². The molecule has 1 aliphatic rings. The Bertz CT molecular complexity index is 407. The molecule has 2 rings (SSSR count). The van der Waals surface area contributed by atoms with Gasteiger partial charge in [0.2, 0.25) is 0 Å². The Labute approximate surface area is 96.1 Å². The SMILES string of the molecule is CC1(C)N([O-])[N+](=O)[C@@]1(Br)c1ccccc1. The summed E-state index contributed by atoms with van der Waals surface area (Å²) in [4.78, 5) is 12.0. The van der Waals surface area contributed by atoms with Crippen LogP contribution in [0.1, 0.15) is 19.4 Å². The second kappa shape index (κ2) is 3.02.